The van der Waals surface area contributed by atoms with E-state index < -0.39 is 5.60 Å². The number of rotatable bonds is 3. The van der Waals surface area contributed by atoms with Crippen molar-refractivity contribution in [3.05, 3.63) is 30.3 Å². The first kappa shape index (κ1) is 12.5. The normalized spacial score (nSPS) is 19.4. The molecular weight excluding hydrogens is 215 g/mol. The molecule has 0 atom stereocenters. The molecule has 1 saturated heterocycles. The van der Waals surface area contributed by atoms with Crippen LogP contribution in [0.5, 0.6) is 5.75 Å². The average molecular weight is 234 g/mol. The Morgan fingerprint density at radius 2 is 1.76 bits per heavy atom. The highest BCUT2D eigenvalue weighted by Gasteiger charge is 2.38. The Bertz CT molecular complexity index is 345. The van der Waals surface area contributed by atoms with E-state index in [1.165, 1.54) is 0 Å². The van der Waals surface area contributed by atoms with Gasteiger partial charge in [0.15, 0.2) is 0 Å². The fourth-order valence-electron chi connectivity index (χ4n) is 1.82. The van der Waals surface area contributed by atoms with Crippen LogP contribution in [0.1, 0.15) is 20.8 Å². The van der Waals surface area contributed by atoms with Gasteiger partial charge in [-0.3, -0.25) is 0 Å². The third-order valence-corrected chi connectivity index (χ3v) is 2.76. The molecule has 0 radical (unpaired) electrons. The second kappa shape index (κ2) is 5.11. The third-order valence-electron chi connectivity index (χ3n) is 2.76. The summed E-state index contributed by atoms with van der Waals surface area (Å²) in [6.45, 7) is 7.31. The molecule has 1 aromatic rings. The molecule has 0 spiro atoms. The number of ether oxygens (including phenoxy) is 1. The van der Waals surface area contributed by atoms with Crippen LogP contribution in [0.4, 0.5) is 0 Å². The van der Waals surface area contributed by atoms with Crippen molar-refractivity contribution >= 4 is 7.12 Å². The van der Waals surface area contributed by atoms with Gasteiger partial charge in [0.25, 0.3) is 0 Å². The Balaban J connectivity index is 1.94. The van der Waals surface area contributed by atoms with E-state index in [2.05, 4.69) is 13.8 Å². The summed E-state index contributed by atoms with van der Waals surface area (Å²) in [5.41, 5.74) is -0.396. The molecule has 2 rings (SSSR count). The van der Waals surface area contributed by atoms with Crippen LogP contribution in [0.15, 0.2) is 30.3 Å². The van der Waals surface area contributed by atoms with Crippen LogP contribution in [-0.4, -0.2) is 25.9 Å². The van der Waals surface area contributed by atoms with Gasteiger partial charge in [-0.1, -0.05) is 32.0 Å². The van der Waals surface area contributed by atoms with Crippen LogP contribution in [0.25, 0.3) is 0 Å². The van der Waals surface area contributed by atoms with Crippen molar-refractivity contribution in [3.63, 3.8) is 0 Å². The van der Waals surface area contributed by atoms with Crippen molar-refractivity contribution < 1.29 is 14.0 Å². The topological polar surface area (TPSA) is 27.7 Å². The zero-order chi connectivity index (χ0) is 12.3. The standard InChI is InChI=1S/C13H19BO3/c1-11(2)14-15-9-13(3,10-16-14)17-12-7-5-4-6-8-12/h4-8,11H,9-10H2,1-3H3. The van der Waals surface area contributed by atoms with Crippen LogP contribution >= 0.6 is 0 Å². The molecule has 0 saturated carbocycles. The second-order valence-corrected chi connectivity index (χ2v) is 5.10. The van der Waals surface area contributed by atoms with Crippen LogP contribution in [0, 0.1) is 0 Å². The summed E-state index contributed by atoms with van der Waals surface area (Å²) in [4.78, 5) is 0. The van der Waals surface area contributed by atoms with Gasteiger partial charge in [0.05, 0.1) is 13.2 Å². The number of benzene rings is 1. The highest BCUT2D eigenvalue weighted by atomic mass is 16.6. The summed E-state index contributed by atoms with van der Waals surface area (Å²) in [6.07, 6.45) is 0. The lowest BCUT2D eigenvalue weighted by Gasteiger charge is -2.37. The van der Waals surface area contributed by atoms with Crippen LogP contribution in [0.3, 0.4) is 0 Å². The summed E-state index contributed by atoms with van der Waals surface area (Å²) >= 11 is 0. The molecule has 3 nitrogen and oxygen atoms in total. The Hall–Kier alpha value is -0.995. The first-order chi connectivity index (χ1) is 8.09. The smallest absolute Gasteiger partial charge is 0.459 e. The summed E-state index contributed by atoms with van der Waals surface area (Å²) in [7, 11) is -0.109. The van der Waals surface area contributed by atoms with E-state index in [4.69, 9.17) is 14.0 Å². The van der Waals surface area contributed by atoms with Gasteiger partial charge in [-0.2, -0.15) is 0 Å². The molecule has 92 valence electrons. The lowest BCUT2D eigenvalue weighted by Crippen LogP contribution is -2.51. The summed E-state index contributed by atoms with van der Waals surface area (Å²) in [5.74, 6) is 1.22. The molecule has 1 aromatic carbocycles. The average Bonchev–Trinajstić information content (AvgIpc) is 2.30. The lowest BCUT2D eigenvalue weighted by molar-refractivity contribution is -0.0526. The van der Waals surface area contributed by atoms with Crippen molar-refractivity contribution in [3.8, 4) is 5.75 Å². The summed E-state index contributed by atoms with van der Waals surface area (Å²) in [6, 6.07) is 9.78. The highest BCUT2D eigenvalue weighted by molar-refractivity contribution is 6.46. The lowest BCUT2D eigenvalue weighted by atomic mass is 9.73. The van der Waals surface area contributed by atoms with Gasteiger partial charge in [0, 0.05) is 0 Å². The Labute approximate surface area is 103 Å². The molecule has 0 aliphatic carbocycles. The molecule has 0 amide bonds. The first-order valence-corrected chi connectivity index (χ1v) is 6.06. The minimum Gasteiger partial charge on any atom is -0.483 e. The number of para-hydroxylation sites is 1. The minimum atomic E-state index is -0.396. The largest absolute Gasteiger partial charge is 0.483 e. The molecule has 1 aliphatic heterocycles. The number of hydrogen-bond acceptors (Lipinski definition) is 3. The zero-order valence-electron chi connectivity index (χ0n) is 10.7. The van der Waals surface area contributed by atoms with Gasteiger partial charge in [-0.05, 0) is 24.9 Å². The van der Waals surface area contributed by atoms with E-state index in [0.717, 1.165) is 5.75 Å². The van der Waals surface area contributed by atoms with E-state index in [9.17, 15) is 0 Å². The number of hydrogen-bond donors (Lipinski definition) is 0. The molecule has 0 N–H and O–H groups in total. The van der Waals surface area contributed by atoms with E-state index >= 15 is 0 Å². The predicted octanol–water partition coefficient (Wildman–Crippen LogP) is 2.77. The van der Waals surface area contributed by atoms with E-state index in [-0.39, 0.29) is 7.12 Å². The van der Waals surface area contributed by atoms with Crippen molar-refractivity contribution in [2.45, 2.75) is 32.2 Å². The molecule has 0 bridgehead atoms. The summed E-state index contributed by atoms with van der Waals surface area (Å²) in [5, 5.41) is 0. The van der Waals surface area contributed by atoms with Crippen molar-refractivity contribution in [2.75, 3.05) is 13.2 Å². The van der Waals surface area contributed by atoms with Crippen molar-refractivity contribution in [1.29, 1.82) is 0 Å². The van der Waals surface area contributed by atoms with E-state index in [1.54, 1.807) is 0 Å². The first-order valence-electron chi connectivity index (χ1n) is 6.06. The molecule has 1 aliphatic rings. The van der Waals surface area contributed by atoms with Crippen molar-refractivity contribution in [1.82, 2.24) is 0 Å². The van der Waals surface area contributed by atoms with Gasteiger partial charge in [0.1, 0.15) is 11.4 Å². The van der Waals surface area contributed by atoms with Gasteiger partial charge in [-0.25, -0.2) is 0 Å². The fourth-order valence-corrected chi connectivity index (χ4v) is 1.82. The maximum atomic E-state index is 5.92. The quantitative estimate of drug-likeness (QED) is 0.752. The maximum absolute atomic E-state index is 5.92. The molecule has 1 heterocycles. The Morgan fingerprint density at radius 3 is 2.29 bits per heavy atom. The zero-order valence-corrected chi connectivity index (χ0v) is 10.7. The van der Waals surface area contributed by atoms with Crippen LogP contribution < -0.4 is 4.74 Å². The Kier molecular flexibility index (Phi) is 3.74. The molecule has 17 heavy (non-hydrogen) atoms. The monoisotopic (exact) mass is 234 g/mol. The third kappa shape index (κ3) is 3.24. The van der Waals surface area contributed by atoms with E-state index in [0.29, 0.717) is 19.0 Å². The second-order valence-electron chi connectivity index (χ2n) is 5.10. The molecule has 0 aromatic heterocycles. The molecular formula is C13H19BO3. The maximum Gasteiger partial charge on any atom is 0.459 e. The predicted molar refractivity (Wildman–Crippen MR) is 68.2 cm³/mol. The SMILES string of the molecule is CC(C)B1OCC(C)(Oc2ccccc2)CO1. The van der Waals surface area contributed by atoms with Crippen LogP contribution in [-0.2, 0) is 9.31 Å². The summed E-state index contributed by atoms with van der Waals surface area (Å²) < 4.78 is 17.3. The fraction of sp³-hybridized carbons (Fsp3) is 0.538. The van der Waals surface area contributed by atoms with Gasteiger partial charge < -0.3 is 14.0 Å². The van der Waals surface area contributed by atoms with E-state index in [1.807, 2.05) is 37.3 Å². The molecule has 0 unspecified atom stereocenters. The van der Waals surface area contributed by atoms with Gasteiger partial charge in [0.2, 0.25) is 0 Å². The molecule has 1 fully saturated rings. The van der Waals surface area contributed by atoms with Crippen LogP contribution in [0.2, 0.25) is 5.82 Å². The van der Waals surface area contributed by atoms with Gasteiger partial charge >= 0.3 is 7.12 Å². The highest BCUT2D eigenvalue weighted by Crippen LogP contribution is 2.25. The van der Waals surface area contributed by atoms with Crippen molar-refractivity contribution in [2.24, 2.45) is 0 Å². The molecule has 4 heteroatoms. The Morgan fingerprint density at radius 1 is 1.18 bits per heavy atom. The van der Waals surface area contributed by atoms with Gasteiger partial charge in [-0.15, -0.1) is 0 Å². The minimum absolute atomic E-state index is 0.109.